The van der Waals surface area contributed by atoms with Crippen molar-refractivity contribution in [3.05, 3.63) is 29.8 Å². The first kappa shape index (κ1) is 15.7. The molecule has 0 spiro atoms. The Bertz CT molecular complexity index is 538. The molecule has 6 heteroatoms. The van der Waals surface area contributed by atoms with Crippen molar-refractivity contribution in [2.24, 2.45) is 0 Å². The summed E-state index contributed by atoms with van der Waals surface area (Å²) >= 11 is 1.88. The minimum Gasteiger partial charge on any atom is -0.398 e. The summed E-state index contributed by atoms with van der Waals surface area (Å²) in [6, 6.07) is 7.19. The highest BCUT2D eigenvalue weighted by Gasteiger charge is 2.24. The summed E-state index contributed by atoms with van der Waals surface area (Å²) in [7, 11) is -3.32. The number of nitrogens with one attached hydrogen (secondary N) is 1. The Hall–Kier alpha value is -0.720. The molecule has 20 heavy (non-hydrogen) atoms. The number of anilines is 1. The summed E-state index contributed by atoms with van der Waals surface area (Å²) < 4.78 is 27.2. The van der Waals surface area contributed by atoms with Gasteiger partial charge in [0.05, 0.1) is 5.75 Å². The van der Waals surface area contributed by atoms with Crippen LogP contribution in [0.4, 0.5) is 5.69 Å². The van der Waals surface area contributed by atoms with Gasteiger partial charge in [0.1, 0.15) is 0 Å². The molecular weight excluding hydrogens is 292 g/mol. The number of sulfonamides is 1. The molecule has 0 aliphatic heterocycles. The normalized spacial score (nSPS) is 23.6. The Labute approximate surface area is 125 Å². The number of nitrogens with two attached hydrogens (primary N) is 1. The number of hydrogen-bond acceptors (Lipinski definition) is 4. The average Bonchev–Trinajstić information content (AvgIpc) is 2.41. The van der Waals surface area contributed by atoms with Gasteiger partial charge in [0.15, 0.2) is 0 Å². The number of benzene rings is 1. The van der Waals surface area contributed by atoms with Gasteiger partial charge in [0.2, 0.25) is 10.0 Å². The van der Waals surface area contributed by atoms with Crippen LogP contribution >= 0.6 is 11.8 Å². The van der Waals surface area contributed by atoms with Gasteiger partial charge in [-0.15, -0.1) is 0 Å². The van der Waals surface area contributed by atoms with Gasteiger partial charge in [-0.1, -0.05) is 18.2 Å². The van der Waals surface area contributed by atoms with Crippen molar-refractivity contribution in [2.45, 2.75) is 42.7 Å². The quantitative estimate of drug-likeness (QED) is 0.818. The van der Waals surface area contributed by atoms with Crippen LogP contribution < -0.4 is 10.5 Å². The van der Waals surface area contributed by atoms with Crippen LogP contribution in [-0.4, -0.2) is 26.0 Å². The molecule has 3 N–H and O–H groups in total. The molecule has 1 aliphatic carbocycles. The zero-order chi connectivity index (χ0) is 14.6. The highest BCUT2D eigenvalue weighted by atomic mass is 32.2. The standard InChI is InChI=1S/C14H22N2O2S2/c1-19-13-8-6-12(7-9-13)16-20(17,18)10-11-4-2-3-5-14(11)15/h2-5,12-13,16H,6-10,15H2,1H3. The highest BCUT2D eigenvalue weighted by molar-refractivity contribution is 7.99. The van der Waals surface area contributed by atoms with Gasteiger partial charge in [0.25, 0.3) is 0 Å². The number of thioether (sulfide) groups is 1. The molecule has 4 nitrogen and oxygen atoms in total. The average molecular weight is 314 g/mol. The molecule has 0 atom stereocenters. The van der Waals surface area contributed by atoms with Crippen molar-refractivity contribution in [1.29, 1.82) is 0 Å². The van der Waals surface area contributed by atoms with Crippen LogP contribution in [0.2, 0.25) is 0 Å². The Morgan fingerprint density at radius 3 is 2.50 bits per heavy atom. The van der Waals surface area contributed by atoms with Crippen LogP contribution in [0, 0.1) is 0 Å². The third-order valence-electron chi connectivity index (χ3n) is 3.75. The van der Waals surface area contributed by atoms with Crippen LogP contribution in [-0.2, 0) is 15.8 Å². The fourth-order valence-electron chi connectivity index (χ4n) is 2.58. The molecule has 0 heterocycles. The molecule has 0 saturated heterocycles. The van der Waals surface area contributed by atoms with Crippen molar-refractivity contribution in [3.63, 3.8) is 0 Å². The monoisotopic (exact) mass is 314 g/mol. The molecule has 2 rings (SSSR count). The van der Waals surface area contributed by atoms with E-state index in [-0.39, 0.29) is 11.8 Å². The van der Waals surface area contributed by atoms with Crippen LogP contribution in [0.15, 0.2) is 24.3 Å². The fraction of sp³-hybridized carbons (Fsp3) is 0.571. The maximum atomic E-state index is 12.2. The van der Waals surface area contributed by atoms with E-state index in [9.17, 15) is 8.42 Å². The summed E-state index contributed by atoms with van der Waals surface area (Å²) in [6.45, 7) is 0. The molecule has 0 unspecified atom stereocenters. The minimum absolute atomic E-state index is 0.0396. The number of nitrogen functional groups attached to an aromatic ring is 1. The van der Waals surface area contributed by atoms with E-state index in [0.29, 0.717) is 16.5 Å². The van der Waals surface area contributed by atoms with Crippen LogP contribution in [0.1, 0.15) is 31.2 Å². The van der Waals surface area contributed by atoms with Crippen molar-refractivity contribution in [3.8, 4) is 0 Å². The van der Waals surface area contributed by atoms with Gasteiger partial charge in [-0.05, 0) is 43.6 Å². The van der Waals surface area contributed by atoms with E-state index < -0.39 is 10.0 Å². The fourth-order valence-corrected chi connectivity index (χ4v) is 4.83. The topological polar surface area (TPSA) is 72.2 Å². The molecule has 0 radical (unpaired) electrons. The van der Waals surface area contributed by atoms with Crippen molar-refractivity contribution >= 4 is 27.5 Å². The molecule has 0 aromatic heterocycles. The third kappa shape index (κ3) is 4.40. The molecule has 1 saturated carbocycles. The first-order valence-electron chi connectivity index (χ1n) is 6.86. The van der Waals surface area contributed by atoms with E-state index in [1.54, 1.807) is 12.1 Å². The zero-order valence-electron chi connectivity index (χ0n) is 11.7. The van der Waals surface area contributed by atoms with Crippen molar-refractivity contribution in [1.82, 2.24) is 4.72 Å². The summed E-state index contributed by atoms with van der Waals surface area (Å²) in [4.78, 5) is 0. The Kier molecular flexibility index (Phi) is 5.35. The molecule has 1 aliphatic rings. The molecule has 112 valence electrons. The summed E-state index contributed by atoms with van der Waals surface area (Å²) in [5.41, 5.74) is 7.00. The first-order valence-corrected chi connectivity index (χ1v) is 9.80. The van der Waals surface area contributed by atoms with Crippen LogP contribution in [0.25, 0.3) is 0 Å². The second kappa shape index (κ2) is 6.83. The van der Waals surface area contributed by atoms with E-state index in [1.807, 2.05) is 23.9 Å². The van der Waals surface area contributed by atoms with E-state index in [2.05, 4.69) is 11.0 Å². The lowest BCUT2D eigenvalue weighted by Gasteiger charge is -2.27. The second-order valence-electron chi connectivity index (χ2n) is 5.29. The molecule has 1 aromatic rings. The minimum atomic E-state index is -3.32. The smallest absolute Gasteiger partial charge is 0.216 e. The van der Waals surface area contributed by atoms with Gasteiger partial charge in [-0.25, -0.2) is 13.1 Å². The van der Waals surface area contributed by atoms with Crippen LogP contribution in [0.5, 0.6) is 0 Å². The molecule has 0 amide bonds. The predicted octanol–water partition coefficient (Wildman–Crippen LogP) is 2.36. The lowest BCUT2D eigenvalue weighted by atomic mass is 9.96. The van der Waals surface area contributed by atoms with Gasteiger partial charge in [-0.3, -0.25) is 0 Å². The summed E-state index contributed by atoms with van der Waals surface area (Å²) in [5.74, 6) is -0.0396. The van der Waals surface area contributed by atoms with Gasteiger partial charge < -0.3 is 5.73 Å². The van der Waals surface area contributed by atoms with Crippen molar-refractivity contribution < 1.29 is 8.42 Å². The van der Waals surface area contributed by atoms with Crippen LogP contribution in [0.3, 0.4) is 0 Å². The molecular formula is C14H22N2O2S2. The van der Waals surface area contributed by atoms with Crippen molar-refractivity contribution in [2.75, 3.05) is 12.0 Å². The number of rotatable bonds is 5. The molecule has 1 aromatic carbocycles. The Morgan fingerprint density at radius 2 is 1.90 bits per heavy atom. The molecule has 1 fully saturated rings. The Morgan fingerprint density at radius 1 is 1.25 bits per heavy atom. The predicted molar refractivity (Wildman–Crippen MR) is 86.2 cm³/mol. The Balaban J connectivity index is 1.93. The lowest BCUT2D eigenvalue weighted by molar-refractivity contribution is 0.420. The van der Waals surface area contributed by atoms with E-state index in [0.717, 1.165) is 25.7 Å². The van der Waals surface area contributed by atoms with E-state index in [1.165, 1.54) is 0 Å². The zero-order valence-corrected chi connectivity index (χ0v) is 13.3. The lowest BCUT2D eigenvalue weighted by Crippen LogP contribution is -2.38. The maximum Gasteiger partial charge on any atom is 0.216 e. The first-order chi connectivity index (χ1) is 9.50. The summed E-state index contributed by atoms with van der Waals surface area (Å²) in [5, 5.41) is 0.681. The van der Waals surface area contributed by atoms with Gasteiger partial charge >= 0.3 is 0 Å². The maximum absolute atomic E-state index is 12.2. The van der Waals surface area contributed by atoms with Gasteiger partial charge in [0, 0.05) is 17.0 Å². The highest BCUT2D eigenvalue weighted by Crippen LogP contribution is 2.27. The largest absolute Gasteiger partial charge is 0.398 e. The van der Waals surface area contributed by atoms with E-state index in [4.69, 9.17) is 5.73 Å². The van der Waals surface area contributed by atoms with Gasteiger partial charge in [-0.2, -0.15) is 11.8 Å². The second-order valence-corrected chi connectivity index (χ2v) is 8.18. The van der Waals surface area contributed by atoms with E-state index >= 15 is 0 Å². The third-order valence-corrected chi connectivity index (χ3v) is 6.28. The number of hydrogen-bond donors (Lipinski definition) is 2. The molecule has 0 bridgehead atoms. The number of para-hydroxylation sites is 1. The SMILES string of the molecule is CSC1CCC(NS(=O)(=O)Cc2ccccc2N)CC1. The summed E-state index contributed by atoms with van der Waals surface area (Å²) in [6.07, 6.45) is 6.14.